The summed E-state index contributed by atoms with van der Waals surface area (Å²) < 4.78 is 13.3. The van der Waals surface area contributed by atoms with Crippen LogP contribution in [-0.4, -0.2) is 39.6 Å². The molecule has 0 saturated heterocycles. The van der Waals surface area contributed by atoms with Gasteiger partial charge in [0, 0.05) is 23.5 Å². The van der Waals surface area contributed by atoms with Crippen LogP contribution in [0.1, 0.15) is 62.1 Å². The number of carbonyl (C=O) groups is 1. The fraction of sp³-hybridized carbons (Fsp3) is 0.448. The van der Waals surface area contributed by atoms with E-state index in [1.807, 2.05) is 43.3 Å². The quantitative estimate of drug-likeness (QED) is 0.408. The van der Waals surface area contributed by atoms with Gasteiger partial charge >= 0.3 is 6.09 Å². The summed E-state index contributed by atoms with van der Waals surface area (Å²) in [6, 6.07) is 16.8. The van der Waals surface area contributed by atoms with Crippen molar-refractivity contribution < 1.29 is 14.3 Å². The predicted molar refractivity (Wildman–Crippen MR) is 142 cm³/mol. The smallest absolute Gasteiger partial charge is 0.411 e. The number of nitrogens with zero attached hydrogens (tertiary/aromatic N) is 5. The Kier molecular flexibility index (Phi) is 6.62. The van der Waals surface area contributed by atoms with Gasteiger partial charge in [0.1, 0.15) is 31.1 Å². The van der Waals surface area contributed by atoms with Crippen LogP contribution in [0.15, 0.2) is 55.1 Å². The van der Waals surface area contributed by atoms with E-state index in [1.54, 1.807) is 11.0 Å². The molecule has 1 aliphatic heterocycles. The molecule has 0 bridgehead atoms. The molecule has 196 valence electrons. The lowest BCUT2D eigenvalue weighted by Crippen LogP contribution is -2.41. The molecule has 3 unspecified atom stereocenters. The van der Waals surface area contributed by atoms with Crippen LogP contribution in [0.2, 0.25) is 0 Å². The maximum absolute atomic E-state index is 12.3. The van der Waals surface area contributed by atoms with Crippen LogP contribution >= 0.6 is 0 Å². The number of benzene rings is 2. The van der Waals surface area contributed by atoms with Crippen molar-refractivity contribution in [3.8, 4) is 11.8 Å². The Balaban J connectivity index is 1.20. The van der Waals surface area contributed by atoms with E-state index >= 15 is 0 Å². The molecule has 38 heavy (non-hydrogen) atoms. The average Bonchev–Trinajstić information content (AvgIpc) is 3.53. The highest BCUT2D eigenvalue weighted by Gasteiger charge is 2.44. The van der Waals surface area contributed by atoms with E-state index in [4.69, 9.17) is 9.47 Å². The maximum Gasteiger partial charge on any atom is 0.411 e. The maximum atomic E-state index is 12.3. The molecule has 9 heteroatoms. The van der Waals surface area contributed by atoms with Crippen molar-refractivity contribution in [1.29, 1.82) is 5.26 Å². The van der Waals surface area contributed by atoms with Gasteiger partial charge in [-0.2, -0.15) is 10.4 Å². The highest BCUT2D eigenvalue weighted by Crippen LogP contribution is 2.53. The first-order valence-electron chi connectivity index (χ1n) is 13.5. The van der Waals surface area contributed by atoms with Gasteiger partial charge in [0.25, 0.3) is 0 Å². The van der Waals surface area contributed by atoms with Gasteiger partial charge in [0.05, 0.1) is 24.6 Å². The van der Waals surface area contributed by atoms with E-state index in [9.17, 15) is 10.1 Å². The normalized spacial score (nSPS) is 21.2. The molecule has 6 rings (SSSR count). The summed E-state index contributed by atoms with van der Waals surface area (Å²) in [5.41, 5.74) is 3.85. The van der Waals surface area contributed by atoms with Crippen LogP contribution in [0.5, 0.6) is 5.75 Å². The predicted octanol–water partition coefficient (Wildman–Crippen LogP) is 5.43. The zero-order chi connectivity index (χ0) is 26.1. The minimum Gasteiger partial charge on any atom is -0.492 e. The molecule has 2 aliphatic carbocycles. The molecule has 1 N–H and O–H groups in total. The molecule has 0 radical (unpaired) electrons. The first kappa shape index (κ1) is 24.3. The largest absolute Gasteiger partial charge is 0.492 e. The molecular weight excluding hydrogens is 480 g/mol. The van der Waals surface area contributed by atoms with Crippen LogP contribution in [0.25, 0.3) is 0 Å². The monoisotopic (exact) mass is 512 g/mol. The number of anilines is 2. The number of nitrogens with one attached hydrogen (secondary N) is 1. The second-order valence-electron chi connectivity index (χ2n) is 10.5. The highest BCUT2D eigenvalue weighted by atomic mass is 16.6. The lowest BCUT2D eigenvalue weighted by Gasteiger charge is -2.41. The standard InChI is InChI=1S/C29H32N6O3/c1-19(20-5-6-20)38-29(36)33-22-9-7-21(8-10-22)28-26(16-30)25-12-11-24(37-14-13-34-18-31-17-32-34)15-27(25)35(28)23-3-2-4-23/h7-12,15,17-20,23,26,28H,2-6,13-14H2,1H3,(H,33,36). The number of hydrogen-bond acceptors (Lipinski definition) is 7. The molecule has 3 atom stereocenters. The molecule has 1 amide bonds. The number of aromatic nitrogens is 3. The highest BCUT2D eigenvalue weighted by molar-refractivity contribution is 5.84. The second kappa shape index (κ2) is 10.4. The van der Waals surface area contributed by atoms with Crippen molar-refractivity contribution in [3.05, 3.63) is 66.2 Å². The van der Waals surface area contributed by atoms with E-state index in [-0.39, 0.29) is 18.1 Å². The molecule has 1 aromatic heterocycles. The van der Waals surface area contributed by atoms with Gasteiger partial charge in [-0.15, -0.1) is 0 Å². The molecule has 3 aromatic rings. The zero-order valence-corrected chi connectivity index (χ0v) is 21.5. The zero-order valence-electron chi connectivity index (χ0n) is 21.5. The third kappa shape index (κ3) is 4.91. The van der Waals surface area contributed by atoms with Crippen LogP contribution in [0, 0.1) is 17.2 Å². The molecular formula is C29H32N6O3. The first-order chi connectivity index (χ1) is 18.6. The molecule has 2 aromatic carbocycles. The van der Waals surface area contributed by atoms with Crippen LogP contribution in [0.3, 0.4) is 0 Å². The van der Waals surface area contributed by atoms with Crippen LogP contribution in [-0.2, 0) is 11.3 Å². The fourth-order valence-corrected chi connectivity index (χ4v) is 5.51. The van der Waals surface area contributed by atoms with E-state index in [2.05, 4.69) is 32.4 Å². The molecule has 2 saturated carbocycles. The summed E-state index contributed by atoms with van der Waals surface area (Å²) in [5, 5.41) is 17.2. The molecule has 2 fully saturated rings. The van der Waals surface area contributed by atoms with E-state index in [1.165, 1.54) is 12.7 Å². The van der Waals surface area contributed by atoms with Crippen molar-refractivity contribution in [2.75, 3.05) is 16.8 Å². The minimum absolute atomic E-state index is 0.0601. The number of carbonyl (C=O) groups excluding carboxylic acids is 1. The van der Waals surface area contributed by atoms with Crippen LogP contribution in [0.4, 0.5) is 16.2 Å². The Labute approximate surface area is 222 Å². The number of ether oxygens (including phenoxy) is 2. The summed E-state index contributed by atoms with van der Waals surface area (Å²) in [6.07, 6.45) is 8.36. The van der Waals surface area contributed by atoms with Gasteiger partial charge in [-0.25, -0.2) is 14.5 Å². The summed E-state index contributed by atoms with van der Waals surface area (Å²) in [4.78, 5) is 18.7. The van der Waals surface area contributed by atoms with Crippen molar-refractivity contribution in [2.45, 2.75) is 69.7 Å². The van der Waals surface area contributed by atoms with Gasteiger partial charge in [-0.3, -0.25) is 5.32 Å². The van der Waals surface area contributed by atoms with Crippen molar-refractivity contribution >= 4 is 17.5 Å². The minimum atomic E-state index is -0.423. The lowest BCUT2D eigenvalue weighted by atomic mass is 9.87. The summed E-state index contributed by atoms with van der Waals surface area (Å²) in [5.74, 6) is 0.981. The molecule has 3 aliphatic rings. The molecule has 2 heterocycles. The SMILES string of the molecule is CC(OC(=O)Nc1ccc(C2C(C#N)c3ccc(OCCn4cncn4)cc3N2C2CCC2)cc1)C1CC1. The number of nitriles is 1. The lowest BCUT2D eigenvalue weighted by molar-refractivity contribution is 0.108. The topological polar surface area (TPSA) is 105 Å². The molecule has 9 nitrogen and oxygen atoms in total. The van der Waals surface area contributed by atoms with E-state index < -0.39 is 6.09 Å². The average molecular weight is 513 g/mol. The van der Waals surface area contributed by atoms with E-state index in [0.717, 1.165) is 48.2 Å². The summed E-state index contributed by atoms with van der Waals surface area (Å²) in [7, 11) is 0. The summed E-state index contributed by atoms with van der Waals surface area (Å²) in [6.45, 7) is 3.04. The number of hydrogen-bond donors (Lipinski definition) is 1. The Morgan fingerprint density at radius 3 is 2.66 bits per heavy atom. The second-order valence-corrected chi connectivity index (χ2v) is 10.5. The third-order valence-corrected chi connectivity index (χ3v) is 7.97. The van der Waals surface area contributed by atoms with Gasteiger partial charge < -0.3 is 14.4 Å². The number of amides is 1. The van der Waals surface area contributed by atoms with Crippen molar-refractivity contribution in [2.24, 2.45) is 5.92 Å². The van der Waals surface area contributed by atoms with Gasteiger partial charge in [0.2, 0.25) is 0 Å². The Bertz CT molecular complexity index is 1310. The Morgan fingerprint density at radius 2 is 2.00 bits per heavy atom. The van der Waals surface area contributed by atoms with E-state index in [0.29, 0.717) is 30.8 Å². The van der Waals surface area contributed by atoms with Gasteiger partial charge in [-0.05, 0) is 74.3 Å². The van der Waals surface area contributed by atoms with Crippen LogP contribution < -0.4 is 15.0 Å². The van der Waals surface area contributed by atoms with Gasteiger partial charge in [0.15, 0.2) is 0 Å². The molecule has 0 spiro atoms. The third-order valence-electron chi connectivity index (χ3n) is 7.97. The van der Waals surface area contributed by atoms with Crippen molar-refractivity contribution in [3.63, 3.8) is 0 Å². The Hall–Kier alpha value is -4.06. The first-order valence-corrected chi connectivity index (χ1v) is 13.5. The van der Waals surface area contributed by atoms with Crippen molar-refractivity contribution in [1.82, 2.24) is 14.8 Å². The number of rotatable bonds is 9. The fourth-order valence-electron chi connectivity index (χ4n) is 5.51. The Morgan fingerprint density at radius 1 is 1.18 bits per heavy atom. The van der Waals surface area contributed by atoms with Gasteiger partial charge in [-0.1, -0.05) is 18.2 Å². The number of fused-ring (bicyclic) bond motifs is 1. The summed E-state index contributed by atoms with van der Waals surface area (Å²) >= 11 is 0.